The van der Waals surface area contributed by atoms with Crippen LogP contribution in [-0.4, -0.2) is 19.3 Å². The van der Waals surface area contributed by atoms with Crippen molar-refractivity contribution < 1.29 is 30.2 Å². The molecule has 0 amide bonds. The van der Waals surface area contributed by atoms with E-state index in [-0.39, 0.29) is 26.9 Å². The Labute approximate surface area is 272 Å². The third-order valence-corrected chi connectivity index (χ3v) is 7.53. The first-order valence-electron chi connectivity index (χ1n) is 13.7. The third kappa shape index (κ3) is 5.16. The Morgan fingerprint density at radius 2 is 1.60 bits per heavy atom. The zero-order valence-electron chi connectivity index (χ0n) is 23.9. The summed E-state index contributed by atoms with van der Waals surface area (Å²) in [5, 5.41) is 26.1. The first-order valence-corrected chi connectivity index (χ1v) is 13.7. The molecule has 0 spiro atoms. The number of hydrogen-bond donors (Lipinski definition) is 0. The second kappa shape index (κ2) is 11.8. The Kier molecular flexibility index (Phi) is 7.77. The van der Waals surface area contributed by atoms with E-state index in [0.717, 1.165) is 27.4 Å². The number of benzene rings is 4. The van der Waals surface area contributed by atoms with Gasteiger partial charge in [-0.05, 0) is 48.2 Å². The number of nitrogens with zero attached hydrogens (tertiary/aromatic N) is 6. The molecule has 0 radical (unpaired) electrons. The summed E-state index contributed by atoms with van der Waals surface area (Å²) in [7, 11) is 0. The Balaban J connectivity index is 0.00000357. The average molecular weight is 768 g/mol. The van der Waals surface area contributed by atoms with Crippen LogP contribution in [-0.2, 0) is 21.1 Å². The van der Waals surface area contributed by atoms with Crippen LogP contribution < -0.4 is 4.74 Å². The van der Waals surface area contributed by atoms with Gasteiger partial charge >= 0.3 is 21.1 Å². The number of halogens is 1. The average Bonchev–Trinajstić information content (AvgIpc) is 3.64. The minimum atomic E-state index is -0.383. The fraction of sp³-hybridized carbons (Fsp3) is 0.0556. The molecule has 7 aromatic rings. The molecule has 0 aliphatic rings. The summed E-state index contributed by atoms with van der Waals surface area (Å²) in [6, 6.07) is 32.7. The van der Waals surface area contributed by atoms with Crippen LogP contribution in [0.5, 0.6) is 11.5 Å². The van der Waals surface area contributed by atoms with E-state index in [0.29, 0.717) is 50.8 Å². The van der Waals surface area contributed by atoms with Crippen LogP contribution >= 0.6 is 0 Å². The number of ether oxygens (including phenoxy) is 1. The van der Waals surface area contributed by atoms with Crippen molar-refractivity contribution in [2.24, 2.45) is 0 Å². The number of para-hydroxylation sites is 1. The molecule has 7 rings (SSSR count). The van der Waals surface area contributed by atoms with Crippen LogP contribution in [0.2, 0.25) is 0 Å². The second-order valence-electron chi connectivity index (χ2n) is 10.3. The van der Waals surface area contributed by atoms with Gasteiger partial charge in [-0.15, -0.1) is 35.7 Å². The molecule has 0 bridgehead atoms. The molecule has 0 atom stereocenters. The van der Waals surface area contributed by atoms with E-state index in [1.54, 1.807) is 23.1 Å². The van der Waals surface area contributed by atoms with Gasteiger partial charge in [0.15, 0.2) is 0 Å². The number of aryl methyl sites for hydroxylation is 2. The van der Waals surface area contributed by atoms with Gasteiger partial charge in [0.1, 0.15) is 23.8 Å². The van der Waals surface area contributed by atoms with E-state index >= 15 is 0 Å². The van der Waals surface area contributed by atoms with Gasteiger partial charge in [0.05, 0.1) is 17.3 Å². The molecule has 0 saturated carbocycles. The monoisotopic (exact) mass is 767 g/mol. The molecule has 7 nitrogen and oxygen atoms in total. The maximum Gasteiger partial charge on any atom is 2.00 e. The number of nitriles is 2. The number of hydrogen-bond acceptors (Lipinski definition) is 5. The van der Waals surface area contributed by atoms with Gasteiger partial charge in [-0.25, -0.2) is 9.37 Å². The Bertz CT molecular complexity index is 2310. The summed E-state index contributed by atoms with van der Waals surface area (Å²) >= 11 is 0. The molecule has 218 valence electrons. The number of fused-ring (bicyclic) bond motifs is 3. The van der Waals surface area contributed by atoms with Crippen molar-refractivity contribution in [2.75, 3.05) is 0 Å². The van der Waals surface area contributed by atoms with Crippen molar-refractivity contribution in [1.29, 1.82) is 10.5 Å². The number of rotatable bonds is 5. The quantitative estimate of drug-likeness (QED) is 0.166. The van der Waals surface area contributed by atoms with Crippen molar-refractivity contribution in [3.63, 3.8) is 0 Å². The van der Waals surface area contributed by atoms with Gasteiger partial charge < -0.3 is 9.30 Å². The molecule has 0 unspecified atom stereocenters. The summed E-state index contributed by atoms with van der Waals surface area (Å²) in [5.41, 5.74) is 5.90. The summed E-state index contributed by atoms with van der Waals surface area (Å²) in [6.45, 7) is 3.72. The topological polar surface area (TPSA) is 92.4 Å². The Morgan fingerprint density at radius 3 is 2.36 bits per heavy atom. The summed E-state index contributed by atoms with van der Waals surface area (Å²) in [5.74, 6) is 0.936. The van der Waals surface area contributed by atoms with Gasteiger partial charge in [-0.1, -0.05) is 29.8 Å². The molecule has 0 aliphatic carbocycles. The zero-order valence-corrected chi connectivity index (χ0v) is 26.2. The first-order chi connectivity index (χ1) is 21.4. The minimum absolute atomic E-state index is 0. The molecule has 0 saturated heterocycles. The van der Waals surface area contributed by atoms with Crippen molar-refractivity contribution in [1.82, 2.24) is 19.3 Å². The standard InChI is InChI=1S/C36H21FN6O.Pt/c1-22-14-23(2)32(19-39)36(31(22)18-38)24-20-41-42(21-24)26-6-5-7-27(16-26)44-28-10-11-30-29-8-3-4-9-33(29)43(34(30)17-28)35-15-25(37)12-13-40-35;/h3-15,20-21H,1-2H3;/q-2;+2. The van der Waals surface area contributed by atoms with Gasteiger partial charge in [-0.2, -0.15) is 27.8 Å². The Morgan fingerprint density at radius 1 is 0.844 bits per heavy atom. The summed E-state index contributed by atoms with van der Waals surface area (Å²) in [4.78, 5) is 4.41. The van der Waals surface area contributed by atoms with E-state index in [1.807, 2.05) is 73.0 Å². The van der Waals surface area contributed by atoms with E-state index < -0.39 is 0 Å². The normalized spacial score (nSPS) is 10.8. The summed E-state index contributed by atoms with van der Waals surface area (Å²) < 4.78 is 23.9. The first kappa shape index (κ1) is 29.5. The number of pyridine rings is 1. The predicted molar refractivity (Wildman–Crippen MR) is 164 cm³/mol. The molecular formula is C36H21FN6OPt. The molecular weight excluding hydrogens is 747 g/mol. The maximum atomic E-state index is 14.2. The van der Waals surface area contributed by atoms with E-state index in [1.165, 1.54) is 18.3 Å². The molecule has 9 heteroatoms. The molecule has 4 aromatic carbocycles. The summed E-state index contributed by atoms with van der Waals surface area (Å²) in [6.07, 6.45) is 4.85. The molecule has 0 aliphatic heterocycles. The van der Waals surface area contributed by atoms with Gasteiger partial charge in [0.25, 0.3) is 0 Å². The Hall–Kier alpha value is -5.56. The predicted octanol–water partition coefficient (Wildman–Crippen LogP) is 7.92. The van der Waals surface area contributed by atoms with Crippen molar-refractivity contribution in [2.45, 2.75) is 13.8 Å². The van der Waals surface area contributed by atoms with Crippen LogP contribution in [0.15, 0.2) is 91.4 Å². The van der Waals surface area contributed by atoms with E-state index in [4.69, 9.17) is 4.74 Å². The van der Waals surface area contributed by atoms with E-state index in [2.05, 4.69) is 34.4 Å². The molecule has 0 fully saturated rings. The fourth-order valence-electron chi connectivity index (χ4n) is 5.58. The number of aromatic nitrogens is 4. The largest absolute Gasteiger partial charge is 2.00 e. The van der Waals surface area contributed by atoms with Crippen molar-refractivity contribution >= 4 is 21.8 Å². The van der Waals surface area contributed by atoms with Crippen LogP contribution in [0.1, 0.15) is 22.3 Å². The van der Waals surface area contributed by atoms with Crippen molar-refractivity contribution in [3.05, 3.63) is 132 Å². The van der Waals surface area contributed by atoms with Crippen LogP contribution in [0, 0.1) is 54.5 Å². The van der Waals surface area contributed by atoms with Gasteiger partial charge in [-0.3, -0.25) is 4.68 Å². The smallest absolute Gasteiger partial charge is 0.509 e. The van der Waals surface area contributed by atoms with Crippen molar-refractivity contribution in [3.8, 4) is 46.3 Å². The second-order valence-corrected chi connectivity index (χ2v) is 10.3. The maximum absolute atomic E-state index is 14.2. The van der Waals surface area contributed by atoms with Crippen LogP contribution in [0.25, 0.3) is 44.4 Å². The van der Waals surface area contributed by atoms with Gasteiger partial charge in [0.2, 0.25) is 0 Å². The molecule has 3 heterocycles. The van der Waals surface area contributed by atoms with Gasteiger partial charge in [0, 0.05) is 46.6 Å². The molecule has 0 N–H and O–H groups in total. The van der Waals surface area contributed by atoms with E-state index in [9.17, 15) is 14.9 Å². The third-order valence-electron chi connectivity index (χ3n) is 7.53. The van der Waals surface area contributed by atoms with Crippen LogP contribution in [0.4, 0.5) is 4.39 Å². The zero-order chi connectivity index (χ0) is 30.4. The van der Waals surface area contributed by atoms with Crippen LogP contribution in [0.3, 0.4) is 0 Å². The minimum Gasteiger partial charge on any atom is -0.509 e. The molecule has 3 aromatic heterocycles. The fourth-order valence-corrected chi connectivity index (χ4v) is 5.58. The SMILES string of the molecule is Cc1cc(C)c(C#N)c(-c2cnn(-c3[c-]c(Oc4[c-]c5c(cc4)c4ccccc4n5-c4cc(F)ccn4)ccc3)c2)c1C#N.[Pt+2]. The molecule has 45 heavy (non-hydrogen) atoms.